The highest BCUT2D eigenvalue weighted by Crippen LogP contribution is 2.27. The van der Waals surface area contributed by atoms with Gasteiger partial charge in [-0.2, -0.15) is 9.97 Å². The van der Waals surface area contributed by atoms with Crippen LogP contribution in [0.5, 0.6) is 0 Å². The number of hydrogen-bond acceptors (Lipinski definition) is 9. The van der Waals surface area contributed by atoms with Crippen molar-refractivity contribution in [1.82, 2.24) is 24.4 Å². The van der Waals surface area contributed by atoms with E-state index in [9.17, 15) is 14.7 Å². The summed E-state index contributed by atoms with van der Waals surface area (Å²) in [5.41, 5.74) is 3.52. The fraction of sp³-hybridized carbons (Fsp3) is 0.222. The zero-order chi connectivity index (χ0) is 26.6. The molecule has 2 aromatic carbocycles. The third kappa shape index (κ3) is 5.24. The van der Waals surface area contributed by atoms with E-state index in [-0.39, 0.29) is 23.8 Å². The molecule has 3 N–H and O–H groups in total. The molecule has 1 saturated heterocycles. The van der Waals surface area contributed by atoms with Crippen LogP contribution in [0.1, 0.15) is 5.56 Å². The number of aliphatic hydroxyl groups excluding tert-OH is 1. The summed E-state index contributed by atoms with van der Waals surface area (Å²) in [5, 5.41) is 16.2. The average Bonchev–Trinajstić information content (AvgIpc) is 2.94. The summed E-state index contributed by atoms with van der Waals surface area (Å²) in [6.45, 7) is 7.13. The first-order valence-corrected chi connectivity index (χ1v) is 12.2. The number of aliphatic hydroxyl groups is 1. The SMILES string of the molecule is C=CC(=O)Nc1cccc(-n2cnc(=O)c3cnc(Nc4ccc(N5CCN(C)CC5)cc4CO)nc32)c1. The van der Waals surface area contributed by atoms with Crippen molar-refractivity contribution in [3.05, 3.63) is 83.6 Å². The zero-order valence-corrected chi connectivity index (χ0v) is 21.0. The lowest BCUT2D eigenvalue weighted by molar-refractivity contribution is -0.111. The van der Waals surface area contributed by atoms with Gasteiger partial charge in [0.25, 0.3) is 5.56 Å². The molecule has 0 atom stereocenters. The number of likely N-dealkylation sites (N-methyl/N-ethyl adjacent to an activating group) is 1. The predicted octanol–water partition coefficient (Wildman–Crippen LogP) is 2.29. The molecule has 1 aliphatic heterocycles. The van der Waals surface area contributed by atoms with Crippen molar-refractivity contribution in [3.8, 4) is 5.69 Å². The molecule has 1 aliphatic rings. The molecule has 1 amide bonds. The van der Waals surface area contributed by atoms with E-state index < -0.39 is 5.56 Å². The minimum absolute atomic E-state index is 0.157. The molecule has 4 aromatic rings. The van der Waals surface area contributed by atoms with Gasteiger partial charge in [0.05, 0.1) is 12.3 Å². The van der Waals surface area contributed by atoms with Crippen LogP contribution in [0.15, 0.2) is 72.4 Å². The van der Waals surface area contributed by atoms with Gasteiger partial charge in [-0.25, -0.2) is 4.98 Å². The number of piperazine rings is 1. The van der Waals surface area contributed by atoms with Crippen molar-refractivity contribution in [2.45, 2.75) is 6.61 Å². The molecule has 0 spiro atoms. The van der Waals surface area contributed by atoms with Crippen molar-refractivity contribution in [3.63, 3.8) is 0 Å². The van der Waals surface area contributed by atoms with Crippen LogP contribution >= 0.6 is 0 Å². The first-order chi connectivity index (χ1) is 18.4. The first kappa shape index (κ1) is 25.1. The number of nitrogens with one attached hydrogen (secondary N) is 2. The van der Waals surface area contributed by atoms with E-state index in [1.54, 1.807) is 22.8 Å². The molecule has 1 fully saturated rings. The molecule has 11 nitrogen and oxygen atoms in total. The van der Waals surface area contributed by atoms with E-state index in [1.807, 2.05) is 24.3 Å². The van der Waals surface area contributed by atoms with E-state index in [0.717, 1.165) is 31.9 Å². The van der Waals surface area contributed by atoms with E-state index in [0.29, 0.717) is 28.3 Å². The second kappa shape index (κ2) is 10.8. The largest absolute Gasteiger partial charge is 0.392 e. The predicted molar refractivity (Wildman–Crippen MR) is 147 cm³/mol. The molecule has 0 aliphatic carbocycles. The van der Waals surface area contributed by atoms with Crippen molar-refractivity contribution < 1.29 is 9.90 Å². The minimum Gasteiger partial charge on any atom is -0.392 e. The summed E-state index contributed by atoms with van der Waals surface area (Å²) in [6, 6.07) is 12.9. The number of aromatic nitrogens is 4. The smallest absolute Gasteiger partial charge is 0.283 e. The van der Waals surface area contributed by atoms with Crippen molar-refractivity contribution >= 4 is 40.0 Å². The number of benzene rings is 2. The van der Waals surface area contributed by atoms with E-state index in [4.69, 9.17) is 0 Å². The monoisotopic (exact) mass is 512 g/mol. The van der Waals surface area contributed by atoms with E-state index in [2.05, 4.69) is 49.0 Å². The number of carbonyl (C=O) groups excluding carboxylic acids is 1. The summed E-state index contributed by atoms with van der Waals surface area (Å²) >= 11 is 0. The van der Waals surface area contributed by atoms with Crippen LogP contribution in [0.2, 0.25) is 0 Å². The Labute approximate surface area is 219 Å². The summed E-state index contributed by atoms with van der Waals surface area (Å²) < 4.78 is 1.65. The van der Waals surface area contributed by atoms with E-state index >= 15 is 0 Å². The summed E-state index contributed by atoms with van der Waals surface area (Å²) in [4.78, 5) is 41.7. The van der Waals surface area contributed by atoms with Crippen LogP contribution in [0.4, 0.5) is 23.0 Å². The van der Waals surface area contributed by atoms with Crippen molar-refractivity contribution in [2.24, 2.45) is 0 Å². The number of hydrogen-bond donors (Lipinski definition) is 3. The summed E-state index contributed by atoms with van der Waals surface area (Å²) in [7, 11) is 2.11. The fourth-order valence-corrected chi connectivity index (χ4v) is 4.33. The molecule has 38 heavy (non-hydrogen) atoms. The number of amides is 1. The number of anilines is 4. The van der Waals surface area contributed by atoms with Gasteiger partial charge in [-0.15, -0.1) is 0 Å². The van der Waals surface area contributed by atoms with Gasteiger partial charge in [-0.3, -0.25) is 14.2 Å². The number of carbonyl (C=O) groups is 1. The highest BCUT2D eigenvalue weighted by Gasteiger charge is 2.16. The maximum absolute atomic E-state index is 12.5. The first-order valence-electron chi connectivity index (χ1n) is 12.2. The van der Waals surface area contributed by atoms with Crippen molar-refractivity contribution in [2.75, 3.05) is 48.8 Å². The fourth-order valence-electron chi connectivity index (χ4n) is 4.33. The minimum atomic E-state index is -0.452. The van der Waals surface area contributed by atoms with Crippen LogP contribution in [0.3, 0.4) is 0 Å². The lowest BCUT2D eigenvalue weighted by Gasteiger charge is -2.34. The molecule has 2 aromatic heterocycles. The third-order valence-electron chi connectivity index (χ3n) is 6.47. The second-order valence-corrected chi connectivity index (χ2v) is 9.01. The van der Waals surface area contributed by atoms with Crippen LogP contribution in [0, 0.1) is 0 Å². The Balaban J connectivity index is 1.48. The maximum Gasteiger partial charge on any atom is 0.283 e. The summed E-state index contributed by atoms with van der Waals surface area (Å²) in [6.07, 6.45) is 4.00. The van der Waals surface area contributed by atoms with Crippen LogP contribution in [0.25, 0.3) is 16.7 Å². The number of rotatable bonds is 7. The molecule has 0 bridgehead atoms. The average molecular weight is 513 g/mol. The molecule has 0 saturated carbocycles. The van der Waals surface area contributed by atoms with Gasteiger partial charge in [-0.1, -0.05) is 12.6 Å². The van der Waals surface area contributed by atoms with Gasteiger partial charge in [0.2, 0.25) is 11.9 Å². The molecular formula is C27H28N8O3. The number of fused-ring (bicyclic) bond motifs is 1. The maximum atomic E-state index is 12.5. The molecular weight excluding hydrogens is 484 g/mol. The van der Waals surface area contributed by atoms with Gasteiger partial charge in [-0.05, 0) is 49.5 Å². The lowest BCUT2D eigenvalue weighted by atomic mass is 10.1. The second-order valence-electron chi connectivity index (χ2n) is 9.01. The molecule has 11 heteroatoms. The third-order valence-corrected chi connectivity index (χ3v) is 6.47. The Hall–Kier alpha value is -4.61. The van der Waals surface area contributed by atoms with Gasteiger partial charge in [0.1, 0.15) is 11.7 Å². The van der Waals surface area contributed by atoms with Crippen LogP contribution in [-0.2, 0) is 11.4 Å². The quantitative estimate of drug-likeness (QED) is 0.320. The Morgan fingerprint density at radius 3 is 2.68 bits per heavy atom. The highest BCUT2D eigenvalue weighted by atomic mass is 16.3. The molecule has 5 rings (SSSR count). The normalized spacial score (nSPS) is 13.9. The Morgan fingerprint density at radius 1 is 1.11 bits per heavy atom. The van der Waals surface area contributed by atoms with Crippen LogP contribution < -0.4 is 21.1 Å². The zero-order valence-electron chi connectivity index (χ0n) is 21.0. The van der Waals surface area contributed by atoms with Gasteiger partial charge >= 0.3 is 0 Å². The lowest BCUT2D eigenvalue weighted by Crippen LogP contribution is -2.44. The molecule has 0 radical (unpaired) electrons. The Morgan fingerprint density at radius 2 is 1.92 bits per heavy atom. The molecule has 0 unspecified atom stereocenters. The van der Waals surface area contributed by atoms with Crippen molar-refractivity contribution in [1.29, 1.82) is 0 Å². The topological polar surface area (TPSA) is 129 Å². The molecule has 3 heterocycles. The van der Waals surface area contributed by atoms with Crippen LogP contribution in [-0.4, -0.2) is 68.7 Å². The standard InChI is InChI=1S/C27H28N8O3/c1-3-24(37)30-19-5-4-6-21(14-19)35-17-29-26(38)22-15-28-27(32-25(22)35)31-23-8-7-20(13-18(23)16-36)34-11-9-33(2)10-12-34/h3-8,13-15,17,36H,1,9-12,16H2,2H3,(H,30,37)(H,28,31,32). The Bertz CT molecular complexity index is 1560. The van der Waals surface area contributed by atoms with Gasteiger partial charge in [0, 0.05) is 55.0 Å². The summed E-state index contributed by atoms with van der Waals surface area (Å²) in [5.74, 6) is -0.0767. The number of nitrogens with zero attached hydrogens (tertiary/aromatic N) is 6. The Kier molecular flexibility index (Phi) is 7.11. The van der Waals surface area contributed by atoms with Gasteiger partial charge in [0.15, 0.2) is 5.65 Å². The van der Waals surface area contributed by atoms with Gasteiger partial charge < -0.3 is 25.5 Å². The highest BCUT2D eigenvalue weighted by molar-refractivity contribution is 5.99. The molecule has 194 valence electrons. The van der Waals surface area contributed by atoms with E-state index in [1.165, 1.54) is 18.6 Å².